The minimum absolute atomic E-state index is 0.0483. The van der Waals surface area contributed by atoms with E-state index in [-0.39, 0.29) is 18.2 Å². The highest BCUT2D eigenvalue weighted by Gasteiger charge is 2.40. The molecular weight excluding hydrogens is 410 g/mol. The van der Waals surface area contributed by atoms with E-state index in [2.05, 4.69) is 10.3 Å². The van der Waals surface area contributed by atoms with Crippen LogP contribution in [0.2, 0.25) is 0 Å². The van der Waals surface area contributed by atoms with E-state index in [9.17, 15) is 9.59 Å². The molecule has 1 unspecified atom stereocenters. The number of amides is 2. The average Bonchev–Trinajstić information content (AvgIpc) is 3.09. The van der Waals surface area contributed by atoms with E-state index in [0.717, 1.165) is 11.4 Å². The number of hydrogen-bond donors (Lipinski definition) is 1. The number of para-hydroxylation sites is 2. The van der Waals surface area contributed by atoms with Gasteiger partial charge in [-0.2, -0.15) is 0 Å². The van der Waals surface area contributed by atoms with Gasteiger partial charge in [0.15, 0.2) is 5.17 Å². The Morgan fingerprint density at radius 2 is 1.65 bits per heavy atom. The molecule has 1 aliphatic rings. The van der Waals surface area contributed by atoms with Crippen LogP contribution < -0.4 is 15.0 Å². The van der Waals surface area contributed by atoms with Crippen LogP contribution >= 0.6 is 11.8 Å². The summed E-state index contributed by atoms with van der Waals surface area (Å²) in [5.74, 6) is 0.320. The minimum atomic E-state index is -0.555. The van der Waals surface area contributed by atoms with Crippen molar-refractivity contribution in [2.45, 2.75) is 11.7 Å². The number of aliphatic imine (C=N–C) groups is 1. The van der Waals surface area contributed by atoms with E-state index >= 15 is 0 Å². The lowest BCUT2D eigenvalue weighted by Gasteiger charge is -2.16. The fourth-order valence-corrected chi connectivity index (χ4v) is 4.31. The summed E-state index contributed by atoms with van der Waals surface area (Å²) >= 11 is 1.31. The molecule has 7 heteroatoms. The predicted octanol–water partition coefficient (Wildman–Crippen LogP) is 4.86. The first-order valence-corrected chi connectivity index (χ1v) is 10.7. The van der Waals surface area contributed by atoms with Crippen molar-refractivity contribution in [3.63, 3.8) is 0 Å². The average molecular weight is 432 g/mol. The molecule has 0 bridgehead atoms. The third-order valence-corrected chi connectivity index (χ3v) is 5.81. The molecule has 1 fully saturated rings. The number of nitrogens with zero attached hydrogens (tertiary/aromatic N) is 2. The lowest BCUT2D eigenvalue weighted by Crippen LogP contribution is -2.33. The molecule has 156 valence electrons. The van der Waals surface area contributed by atoms with Gasteiger partial charge in [0.2, 0.25) is 11.8 Å². The zero-order chi connectivity index (χ0) is 21.6. The van der Waals surface area contributed by atoms with Crippen molar-refractivity contribution in [3.05, 3.63) is 84.9 Å². The van der Waals surface area contributed by atoms with Gasteiger partial charge < -0.3 is 10.1 Å². The Morgan fingerprint density at radius 1 is 1.00 bits per heavy atom. The van der Waals surface area contributed by atoms with Gasteiger partial charge in [-0.05, 0) is 48.5 Å². The van der Waals surface area contributed by atoms with Gasteiger partial charge in [-0.15, -0.1) is 0 Å². The first-order chi connectivity index (χ1) is 15.1. The number of benzene rings is 3. The van der Waals surface area contributed by atoms with Crippen LogP contribution in [0.4, 0.5) is 17.1 Å². The van der Waals surface area contributed by atoms with Crippen LogP contribution in [0.1, 0.15) is 6.42 Å². The highest BCUT2D eigenvalue weighted by molar-refractivity contribution is 8.16. The molecule has 2 amide bonds. The molecule has 1 heterocycles. The van der Waals surface area contributed by atoms with E-state index in [4.69, 9.17) is 4.74 Å². The van der Waals surface area contributed by atoms with Crippen LogP contribution in [0.25, 0.3) is 0 Å². The molecule has 1 aliphatic heterocycles. The number of thioether (sulfide) groups is 1. The van der Waals surface area contributed by atoms with E-state index in [1.807, 2.05) is 60.7 Å². The van der Waals surface area contributed by atoms with E-state index in [1.165, 1.54) is 11.8 Å². The van der Waals surface area contributed by atoms with Gasteiger partial charge in [0.05, 0.1) is 18.5 Å². The largest absolute Gasteiger partial charge is 0.497 e. The van der Waals surface area contributed by atoms with Gasteiger partial charge in [0, 0.05) is 12.1 Å². The van der Waals surface area contributed by atoms with Crippen molar-refractivity contribution >= 4 is 45.8 Å². The Kier molecular flexibility index (Phi) is 6.33. The summed E-state index contributed by atoms with van der Waals surface area (Å²) < 4.78 is 5.13. The molecule has 0 aliphatic carbocycles. The standard InChI is InChI=1S/C24H21N3O3S/c1-30-20-14-12-18(13-15-20)25-22(28)16-21-23(29)27(19-10-6-3-7-11-19)24(31-21)26-17-8-4-2-5-9-17/h2-15,21H,16H2,1H3,(H,25,28). The van der Waals surface area contributed by atoms with Gasteiger partial charge in [0.25, 0.3) is 0 Å². The number of carbonyl (C=O) groups excluding carboxylic acids is 2. The van der Waals surface area contributed by atoms with Crippen molar-refractivity contribution < 1.29 is 14.3 Å². The highest BCUT2D eigenvalue weighted by Crippen LogP contribution is 2.35. The van der Waals surface area contributed by atoms with E-state index < -0.39 is 5.25 Å². The number of hydrogen-bond acceptors (Lipinski definition) is 5. The number of carbonyl (C=O) groups is 2. The molecule has 31 heavy (non-hydrogen) atoms. The second-order valence-electron chi connectivity index (χ2n) is 6.83. The molecule has 6 nitrogen and oxygen atoms in total. The molecule has 0 aromatic heterocycles. The SMILES string of the molecule is COc1ccc(NC(=O)CC2SC(=Nc3ccccc3)N(c3ccccc3)C2=O)cc1. The monoisotopic (exact) mass is 431 g/mol. The lowest BCUT2D eigenvalue weighted by molar-refractivity contribution is -0.121. The number of nitrogens with one attached hydrogen (secondary N) is 1. The summed E-state index contributed by atoms with van der Waals surface area (Å²) in [5, 5.41) is 2.85. The molecule has 3 aromatic rings. The Morgan fingerprint density at radius 3 is 2.29 bits per heavy atom. The van der Waals surface area contributed by atoms with Gasteiger partial charge in [-0.1, -0.05) is 48.2 Å². The van der Waals surface area contributed by atoms with Crippen LogP contribution in [-0.2, 0) is 9.59 Å². The maximum absolute atomic E-state index is 13.2. The van der Waals surface area contributed by atoms with Gasteiger partial charge in [0.1, 0.15) is 11.0 Å². The summed E-state index contributed by atoms with van der Waals surface area (Å²) in [6.07, 6.45) is 0.0483. The third kappa shape index (κ3) is 4.95. The number of rotatable bonds is 6. The number of anilines is 2. The summed E-state index contributed by atoms with van der Waals surface area (Å²) in [7, 11) is 1.59. The summed E-state index contributed by atoms with van der Waals surface area (Å²) in [5.41, 5.74) is 2.13. The van der Waals surface area contributed by atoms with Crippen molar-refractivity contribution in [3.8, 4) is 5.75 Å². The Balaban J connectivity index is 1.53. The predicted molar refractivity (Wildman–Crippen MR) is 125 cm³/mol. The van der Waals surface area contributed by atoms with Gasteiger partial charge in [-0.25, -0.2) is 4.99 Å². The molecule has 1 atom stereocenters. The number of ether oxygens (including phenoxy) is 1. The molecule has 0 spiro atoms. The normalized spacial score (nSPS) is 17.1. The van der Waals surface area contributed by atoms with Crippen LogP contribution in [0.5, 0.6) is 5.75 Å². The van der Waals surface area contributed by atoms with Crippen molar-refractivity contribution in [2.75, 3.05) is 17.3 Å². The fourth-order valence-electron chi connectivity index (χ4n) is 3.16. The van der Waals surface area contributed by atoms with Crippen molar-refractivity contribution in [1.82, 2.24) is 0 Å². The van der Waals surface area contributed by atoms with E-state index in [0.29, 0.717) is 16.6 Å². The molecule has 3 aromatic carbocycles. The van der Waals surface area contributed by atoms with Gasteiger partial charge in [-0.3, -0.25) is 14.5 Å². The van der Waals surface area contributed by atoms with Crippen molar-refractivity contribution in [1.29, 1.82) is 0 Å². The smallest absolute Gasteiger partial charge is 0.247 e. The van der Waals surface area contributed by atoms with Crippen LogP contribution in [0.3, 0.4) is 0 Å². The Bertz CT molecular complexity index is 1090. The minimum Gasteiger partial charge on any atom is -0.497 e. The Hall–Kier alpha value is -3.58. The molecule has 1 saturated heterocycles. The molecule has 0 saturated carbocycles. The topological polar surface area (TPSA) is 71.0 Å². The van der Waals surface area contributed by atoms with Crippen LogP contribution in [0.15, 0.2) is 89.9 Å². The summed E-state index contributed by atoms with van der Waals surface area (Å²) in [6, 6.07) is 25.9. The molecule has 1 N–H and O–H groups in total. The number of methoxy groups -OCH3 is 1. The quantitative estimate of drug-likeness (QED) is 0.605. The maximum atomic E-state index is 13.2. The van der Waals surface area contributed by atoms with E-state index in [1.54, 1.807) is 36.3 Å². The first-order valence-electron chi connectivity index (χ1n) is 9.77. The number of amidine groups is 1. The Labute approximate surface area is 184 Å². The summed E-state index contributed by atoms with van der Waals surface area (Å²) in [4.78, 5) is 32.1. The lowest BCUT2D eigenvalue weighted by atomic mass is 10.2. The first kappa shape index (κ1) is 20.7. The highest BCUT2D eigenvalue weighted by atomic mass is 32.2. The zero-order valence-corrected chi connectivity index (χ0v) is 17.7. The van der Waals surface area contributed by atoms with Gasteiger partial charge >= 0.3 is 0 Å². The molecule has 4 rings (SSSR count). The maximum Gasteiger partial charge on any atom is 0.247 e. The molecular formula is C24H21N3O3S. The molecule has 0 radical (unpaired) electrons. The second-order valence-corrected chi connectivity index (χ2v) is 8.00. The summed E-state index contributed by atoms with van der Waals surface area (Å²) in [6.45, 7) is 0. The van der Waals surface area contributed by atoms with Crippen LogP contribution in [-0.4, -0.2) is 29.3 Å². The third-order valence-electron chi connectivity index (χ3n) is 4.67. The second kappa shape index (κ2) is 9.49. The van der Waals surface area contributed by atoms with Crippen LogP contribution in [0, 0.1) is 0 Å². The zero-order valence-electron chi connectivity index (χ0n) is 16.9. The fraction of sp³-hybridized carbons (Fsp3) is 0.125. The van der Waals surface area contributed by atoms with Crippen molar-refractivity contribution in [2.24, 2.45) is 4.99 Å².